The van der Waals surface area contributed by atoms with Gasteiger partial charge in [-0.2, -0.15) is 0 Å². The fraction of sp³-hybridized carbons (Fsp3) is 0.667. The molecule has 3 N–H and O–H groups in total. The summed E-state index contributed by atoms with van der Waals surface area (Å²) in [6, 6.07) is 8.09. The molecule has 1 aromatic carbocycles. The highest BCUT2D eigenvalue weighted by molar-refractivity contribution is 8.02. The van der Waals surface area contributed by atoms with E-state index in [9.17, 15) is 19.5 Å². The summed E-state index contributed by atoms with van der Waals surface area (Å²) in [7, 11) is 0. The molecule has 4 rings (SSSR count). The van der Waals surface area contributed by atoms with Crippen LogP contribution in [0.5, 0.6) is 0 Å². The third-order valence-electron chi connectivity index (χ3n) is 8.20. The summed E-state index contributed by atoms with van der Waals surface area (Å²) in [6.07, 6.45) is 2.58. The van der Waals surface area contributed by atoms with E-state index in [2.05, 4.69) is 24.5 Å². The van der Waals surface area contributed by atoms with E-state index in [1.807, 2.05) is 51.1 Å². The van der Waals surface area contributed by atoms with E-state index in [0.717, 1.165) is 19.3 Å². The lowest BCUT2D eigenvalue weighted by Gasteiger charge is -2.41. The molecule has 3 fully saturated rings. The number of carbonyl (C=O) groups excluding carboxylic acids is 3. The number of para-hydroxylation sites is 1. The molecule has 8 atom stereocenters. The molecule has 1 aromatic rings. The van der Waals surface area contributed by atoms with Crippen molar-refractivity contribution in [2.45, 2.75) is 82.0 Å². The molecule has 3 aliphatic rings. The van der Waals surface area contributed by atoms with Crippen molar-refractivity contribution >= 4 is 35.2 Å². The van der Waals surface area contributed by atoms with Crippen molar-refractivity contribution in [2.75, 3.05) is 11.9 Å². The summed E-state index contributed by atoms with van der Waals surface area (Å²) in [6.45, 7) is 9.88. The number of benzene rings is 1. The number of aliphatic hydroxyl groups is 1. The van der Waals surface area contributed by atoms with Crippen LogP contribution in [0, 0.1) is 23.7 Å². The first-order valence-electron chi connectivity index (χ1n) is 12.9. The third-order valence-corrected chi connectivity index (χ3v) is 10.3. The zero-order valence-corrected chi connectivity index (χ0v) is 22.2. The van der Waals surface area contributed by atoms with E-state index in [4.69, 9.17) is 0 Å². The molecular weight excluding hydrogens is 462 g/mol. The van der Waals surface area contributed by atoms with Crippen LogP contribution in [-0.4, -0.2) is 62.5 Å². The van der Waals surface area contributed by atoms with Gasteiger partial charge < -0.3 is 20.6 Å². The van der Waals surface area contributed by atoms with Crippen molar-refractivity contribution in [1.29, 1.82) is 0 Å². The van der Waals surface area contributed by atoms with E-state index < -0.39 is 28.7 Å². The van der Waals surface area contributed by atoms with E-state index in [1.165, 1.54) is 0 Å². The minimum Gasteiger partial charge on any atom is -0.394 e. The fourth-order valence-corrected chi connectivity index (χ4v) is 9.02. The Morgan fingerprint density at radius 2 is 1.89 bits per heavy atom. The Balaban J connectivity index is 1.74. The number of nitrogens with one attached hydrogen (secondary N) is 2. The van der Waals surface area contributed by atoms with Gasteiger partial charge in [0, 0.05) is 17.0 Å². The average Bonchev–Trinajstić information content (AvgIpc) is 3.39. The van der Waals surface area contributed by atoms with Gasteiger partial charge in [0.05, 0.1) is 29.2 Å². The van der Waals surface area contributed by atoms with Gasteiger partial charge in [0.1, 0.15) is 6.04 Å². The Labute approximate surface area is 212 Å². The third kappa shape index (κ3) is 4.26. The van der Waals surface area contributed by atoms with Gasteiger partial charge in [-0.15, -0.1) is 11.8 Å². The molecule has 3 aliphatic heterocycles. The maximum atomic E-state index is 14.2. The topological polar surface area (TPSA) is 98.7 Å². The van der Waals surface area contributed by atoms with E-state index in [1.54, 1.807) is 16.7 Å². The van der Waals surface area contributed by atoms with Crippen molar-refractivity contribution < 1.29 is 19.5 Å². The lowest BCUT2D eigenvalue weighted by Crippen LogP contribution is -2.60. The monoisotopic (exact) mass is 501 g/mol. The quantitative estimate of drug-likeness (QED) is 0.482. The number of nitrogens with zero attached hydrogens (tertiary/aromatic N) is 1. The Hall–Kier alpha value is -2.06. The summed E-state index contributed by atoms with van der Waals surface area (Å²) in [5.74, 6) is -1.52. The van der Waals surface area contributed by atoms with E-state index in [0.29, 0.717) is 5.69 Å². The number of thioether (sulfide) groups is 1. The zero-order chi connectivity index (χ0) is 25.5. The van der Waals surface area contributed by atoms with Crippen molar-refractivity contribution in [3.8, 4) is 0 Å². The Bertz CT molecular complexity index is 957. The number of hydrogen-bond donors (Lipinski definition) is 3. The minimum atomic E-state index is -0.710. The first-order valence-corrected chi connectivity index (χ1v) is 13.8. The molecule has 0 aliphatic carbocycles. The van der Waals surface area contributed by atoms with Crippen molar-refractivity contribution in [3.63, 3.8) is 0 Å². The predicted molar refractivity (Wildman–Crippen MR) is 139 cm³/mol. The normalized spacial score (nSPS) is 33.1. The number of amides is 3. The lowest BCUT2D eigenvalue weighted by molar-refractivity contribution is -0.143. The summed E-state index contributed by atoms with van der Waals surface area (Å²) in [5.41, 5.74) is 0.702. The SMILES string of the molecule is CCCC(C)NC(=O)C1N([C@@H](CO)C(C)C)C(=O)[C@@H]2[C@H](C(=O)Nc3ccccc3)[C@@H]3CC(C)C12S3. The van der Waals surface area contributed by atoms with Gasteiger partial charge in [0.25, 0.3) is 0 Å². The smallest absolute Gasteiger partial charge is 0.244 e. The van der Waals surface area contributed by atoms with Crippen LogP contribution in [-0.2, 0) is 14.4 Å². The van der Waals surface area contributed by atoms with Crippen LogP contribution in [0.2, 0.25) is 0 Å². The number of fused-ring (bicyclic) bond motifs is 1. The highest BCUT2D eigenvalue weighted by Crippen LogP contribution is 2.69. The molecule has 7 nitrogen and oxygen atoms in total. The largest absolute Gasteiger partial charge is 0.394 e. The van der Waals surface area contributed by atoms with Crippen molar-refractivity contribution in [2.24, 2.45) is 23.7 Å². The first kappa shape index (κ1) is 26.0. The van der Waals surface area contributed by atoms with Crippen LogP contribution in [0.15, 0.2) is 30.3 Å². The molecular formula is C27H39N3O4S. The van der Waals surface area contributed by atoms with Gasteiger partial charge in [-0.05, 0) is 43.7 Å². The van der Waals surface area contributed by atoms with Gasteiger partial charge in [0.2, 0.25) is 17.7 Å². The Morgan fingerprint density at radius 1 is 1.20 bits per heavy atom. The van der Waals surface area contributed by atoms with Gasteiger partial charge in [-0.3, -0.25) is 14.4 Å². The number of likely N-dealkylation sites (tertiary alicyclic amines) is 1. The number of hydrogen-bond acceptors (Lipinski definition) is 5. The second-order valence-electron chi connectivity index (χ2n) is 10.8. The summed E-state index contributed by atoms with van der Waals surface area (Å²) >= 11 is 1.66. The average molecular weight is 502 g/mol. The maximum Gasteiger partial charge on any atom is 0.244 e. The van der Waals surface area contributed by atoms with Gasteiger partial charge >= 0.3 is 0 Å². The van der Waals surface area contributed by atoms with Gasteiger partial charge in [-0.1, -0.05) is 52.3 Å². The van der Waals surface area contributed by atoms with Gasteiger partial charge in [0.15, 0.2) is 0 Å². The molecule has 1 spiro atoms. The standard InChI is InChI=1S/C27H39N3O4S/c1-6-10-17(5)28-25(33)23-27-16(4)13-20(35-27)21(24(32)29-18-11-8-7-9-12-18)22(27)26(34)30(23)19(14-31)15(2)3/h7-9,11-12,15-17,19-23,31H,6,10,13-14H2,1-5H3,(H,28,33)(H,29,32)/t16?,17?,19-,20-,21+,22-,23?,27?/m0/s1. The summed E-state index contributed by atoms with van der Waals surface area (Å²) in [4.78, 5) is 43.2. The molecule has 0 radical (unpaired) electrons. The molecule has 2 bridgehead atoms. The minimum absolute atomic E-state index is 0.0115. The Morgan fingerprint density at radius 3 is 2.49 bits per heavy atom. The van der Waals surface area contributed by atoms with Gasteiger partial charge in [-0.25, -0.2) is 0 Å². The second-order valence-corrected chi connectivity index (χ2v) is 12.4. The molecule has 4 unspecified atom stereocenters. The molecule has 3 heterocycles. The number of aliphatic hydroxyl groups excluding tert-OH is 1. The van der Waals surface area contributed by atoms with Crippen molar-refractivity contribution in [1.82, 2.24) is 10.2 Å². The molecule has 3 amide bonds. The van der Waals surface area contributed by atoms with Crippen LogP contribution in [0.25, 0.3) is 0 Å². The first-order chi connectivity index (χ1) is 16.7. The van der Waals surface area contributed by atoms with Crippen LogP contribution in [0.3, 0.4) is 0 Å². The number of carbonyl (C=O) groups is 3. The van der Waals surface area contributed by atoms with Crippen LogP contribution in [0.1, 0.15) is 53.9 Å². The lowest BCUT2D eigenvalue weighted by atomic mass is 9.65. The summed E-state index contributed by atoms with van der Waals surface area (Å²) in [5, 5.41) is 16.5. The number of anilines is 1. The zero-order valence-electron chi connectivity index (χ0n) is 21.4. The number of rotatable bonds is 9. The van der Waals surface area contributed by atoms with Crippen LogP contribution < -0.4 is 10.6 Å². The molecule has 0 aromatic heterocycles. The second kappa shape index (κ2) is 10.1. The summed E-state index contributed by atoms with van der Waals surface area (Å²) < 4.78 is -0.682. The highest BCUT2D eigenvalue weighted by atomic mass is 32.2. The maximum absolute atomic E-state index is 14.2. The molecule has 8 heteroatoms. The van der Waals surface area contributed by atoms with Crippen LogP contribution in [0.4, 0.5) is 5.69 Å². The predicted octanol–water partition coefficient (Wildman–Crippen LogP) is 3.28. The Kier molecular flexibility index (Phi) is 7.53. The molecule has 0 saturated carbocycles. The molecule has 3 saturated heterocycles. The molecule has 192 valence electrons. The van der Waals surface area contributed by atoms with E-state index >= 15 is 0 Å². The fourth-order valence-electron chi connectivity index (χ4n) is 6.61. The van der Waals surface area contributed by atoms with Crippen molar-refractivity contribution in [3.05, 3.63) is 30.3 Å². The highest BCUT2D eigenvalue weighted by Gasteiger charge is 2.76. The van der Waals surface area contributed by atoms with Crippen LogP contribution >= 0.6 is 11.8 Å². The molecule has 35 heavy (non-hydrogen) atoms. The van der Waals surface area contributed by atoms with E-state index in [-0.39, 0.29) is 47.5 Å².